The summed E-state index contributed by atoms with van der Waals surface area (Å²) in [5.74, 6) is 0.246. The van der Waals surface area contributed by atoms with Gasteiger partial charge in [0.15, 0.2) is 0 Å². The summed E-state index contributed by atoms with van der Waals surface area (Å²) in [6.45, 7) is 5.29. The molecule has 2 heterocycles. The Labute approximate surface area is 256 Å². The summed E-state index contributed by atoms with van der Waals surface area (Å²) in [6.07, 6.45) is 2.61. The van der Waals surface area contributed by atoms with Crippen LogP contribution in [0, 0.1) is 36.4 Å². The Bertz CT molecular complexity index is 1800. The number of halogens is 1. The summed E-state index contributed by atoms with van der Waals surface area (Å²) in [5, 5.41) is 19.7. The van der Waals surface area contributed by atoms with Crippen molar-refractivity contribution >= 4 is 11.9 Å². The monoisotopic (exact) mass is 588 g/mol. The quantitative estimate of drug-likeness (QED) is 0.258. The molecule has 2 aliphatic carbocycles. The zero-order valence-corrected chi connectivity index (χ0v) is 24.8. The van der Waals surface area contributed by atoms with Crippen molar-refractivity contribution < 1.29 is 19.0 Å². The third-order valence-electron chi connectivity index (χ3n) is 9.92. The topological polar surface area (TPSA) is 99.3 Å². The van der Waals surface area contributed by atoms with Gasteiger partial charge in [0.1, 0.15) is 18.2 Å². The molecule has 1 saturated carbocycles. The first-order chi connectivity index (χ1) is 21.2. The average molecular weight is 589 g/mol. The van der Waals surface area contributed by atoms with Gasteiger partial charge in [-0.1, -0.05) is 42.5 Å². The minimum absolute atomic E-state index is 0.0405. The minimum Gasteiger partial charge on any atom is -0.489 e. The summed E-state index contributed by atoms with van der Waals surface area (Å²) < 4.78 is 20.9. The molecule has 3 aromatic carbocycles. The van der Waals surface area contributed by atoms with Gasteiger partial charge < -0.3 is 14.7 Å². The average Bonchev–Trinajstić information content (AvgIpc) is 3.67. The van der Waals surface area contributed by atoms with Crippen LogP contribution in [0.2, 0.25) is 0 Å². The van der Waals surface area contributed by atoms with Crippen LogP contribution in [0.25, 0.3) is 11.1 Å². The number of hydrogen-bond acceptors (Lipinski definition) is 6. The van der Waals surface area contributed by atoms with Crippen molar-refractivity contribution in [3.05, 3.63) is 106 Å². The molecule has 1 aromatic heterocycles. The van der Waals surface area contributed by atoms with Gasteiger partial charge >= 0.3 is 5.97 Å². The maximum absolute atomic E-state index is 14.9. The van der Waals surface area contributed by atoms with Gasteiger partial charge in [0.2, 0.25) is 5.95 Å². The first-order valence-electron chi connectivity index (χ1n) is 15.1. The number of nitrogens with zero attached hydrogens (tertiary/aromatic N) is 4. The zero-order valence-electron chi connectivity index (χ0n) is 24.8. The summed E-state index contributed by atoms with van der Waals surface area (Å²) >= 11 is 0. The van der Waals surface area contributed by atoms with Crippen molar-refractivity contribution in [2.24, 2.45) is 5.41 Å². The highest BCUT2D eigenvalue weighted by Crippen LogP contribution is 2.67. The summed E-state index contributed by atoms with van der Waals surface area (Å²) in [5.41, 5.74) is 5.70. The lowest BCUT2D eigenvalue weighted by molar-refractivity contribution is -0.143. The summed E-state index contributed by atoms with van der Waals surface area (Å²) in [4.78, 5) is 23.6. The van der Waals surface area contributed by atoms with Crippen molar-refractivity contribution in [1.82, 2.24) is 9.97 Å². The van der Waals surface area contributed by atoms with E-state index < -0.39 is 16.8 Å². The number of aliphatic carboxylic acids is 1. The van der Waals surface area contributed by atoms with E-state index in [-0.39, 0.29) is 18.3 Å². The second-order valence-electron chi connectivity index (χ2n) is 12.5. The molecule has 2 atom stereocenters. The Hall–Kier alpha value is -4.77. The standard InChI is InChI=1S/C36H33FN4O3/c1-22-32(23(2)40-34(39-22)41-14-12-35(21-38,13-15-41)27-6-4-3-5-7-27)24-8-11-31(37)26(16-24)20-44-28-9-10-29-25(17-28)18-36(33(42)43)19-30(29)36/h3-11,16-17,30H,12-15,18-20H2,1-2H3,(H,42,43)/t30-,36+/m1/s1. The fourth-order valence-corrected chi connectivity index (χ4v) is 7.30. The molecule has 44 heavy (non-hydrogen) atoms. The number of hydrogen-bond donors (Lipinski definition) is 1. The lowest BCUT2D eigenvalue weighted by Crippen LogP contribution is -2.42. The maximum Gasteiger partial charge on any atom is 0.310 e. The van der Waals surface area contributed by atoms with Crippen LogP contribution in [0.3, 0.4) is 0 Å². The van der Waals surface area contributed by atoms with E-state index in [9.17, 15) is 19.6 Å². The van der Waals surface area contributed by atoms with Gasteiger partial charge in [0, 0.05) is 30.1 Å². The molecular weight excluding hydrogens is 555 g/mol. The number of aryl methyl sites for hydroxylation is 2. The Morgan fingerprint density at radius 1 is 1.07 bits per heavy atom. The lowest BCUT2D eigenvalue weighted by Gasteiger charge is -2.37. The number of piperidine rings is 1. The van der Waals surface area contributed by atoms with Crippen LogP contribution in [0.4, 0.5) is 10.3 Å². The molecular formula is C36H33FN4O3. The highest BCUT2D eigenvalue weighted by Gasteiger charge is 2.65. The highest BCUT2D eigenvalue weighted by atomic mass is 19.1. The molecule has 0 spiro atoms. The van der Waals surface area contributed by atoms with Crippen LogP contribution in [-0.4, -0.2) is 34.1 Å². The Morgan fingerprint density at radius 2 is 1.80 bits per heavy atom. The minimum atomic E-state index is -0.734. The molecule has 1 N–H and O–H groups in total. The van der Waals surface area contributed by atoms with Crippen LogP contribution in [-0.2, 0) is 23.2 Å². The van der Waals surface area contributed by atoms with Gasteiger partial charge in [-0.15, -0.1) is 0 Å². The first-order valence-corrected chi connectivity index (χ1v) is 15.1. The Morgan fingerprint density at radius 3 is 2.48 bits per heavy atom. The molecule has 0 amide bonds. The van der Waals surface area contributed by atoms with Crippen LogP contribution >= 0.6 is 0 Å². The van der Waals surface area contributed by atoms with Crippen LogP contribution in [0.1, 0.15) is 58.8 Å². The fraction of sp³-hybridized carbons (Fsp3) is 0.333. The molecule has 222 valence electrons. The molecule has 3 aliphatic rings. The first kappa shape index (κ1) is 28.0. The smallest absolute Gasteiger partial charge is 0.310 e. The Balaban J connectivity index is 1.07. The number of ether oxygens (including phenoxy) is 1. The van der Waals surface area contributed by atoms with Gasteiger partial charge in [-0.2, -0.15) is 5.26 Å². The van der Waals surface area contributed by atoms with Crippen LogP contribution in [0.15, 0.2) is 66.7 Å². The number of benzene rings is 3. The second-order valence-corrected chi connectivity index (χ2v) is 12.5. The van der Waals surface area contributed by atoms with E-state index in [0.717, 1.165) is 39.2 Å². The summed E-state index contributed by atoms with van der Waals surface area (Å²) in [7, 11) is 0. The number of carbonyl (C=O) groups is 1. The van der Waals surface area contributed by atoms with Crippen molar-refractivity contribution in [3.8, 4) is 22.9 Å². The molecule has 7 nitrogen and oxygen atoms in total. The maximum atomic E-state index is 14.9. The van der Waals surface area contributed by atoms with Gasteiger partial charge in [-0.3, -0.25) is 4.79 Å². The van der Waals surface area contributed by atoms with Gasteiger partial charge in [0.05, 0.1) is 28.3 Å². The highest BCUT2D eigenvalue weighted by molar-refractivity contribution is 5.83. The van der Waals surface area contributed by atoms with Gasteiger partial charge in [-0.25, -0.2) is 14.4 Å². The number of anilines is 1. The van der Waals surface area contributed by atoms with Gasteiger partial charge in [-0.05, 0) is 86.1 Å². The van der Waals surface area contributed by atoms with Crippen molar-refractivity contribution in [3.63, 3.8) is 0 Å². The molecule has 7 rings (SSSR count). The van der Waals surface area contributed by atoms with Gasteiger partial charge in [0.25, 0.3) is 0 Å². The van der Waals surface area contributed by atoms with E-state index in [2.05, 4.69) is 11.0 Å². The third kappa shape index (κ3) is 4.59. The normalized spacial score (nSPS) is 21.2. The predicted molar refractivity (Wildman–Crippen MR) is 164 cm³/mol. The SMILES string of the molecule is Cc1nc(N2CCC(C#N)(c3ccccc3)CC2)nc(C)c1-c1ccc(F)c(COc2ccc3c(c2)C[C@]2(C(=O)O)C[C@H]32)c1. The molecule has 1 aliphatic heterocycles. The van der Waals surface area contributed by atoms with Crippen LogP contribution < -0.4 is 9.64 Å². The number of rotatable bonds is 7. The second kappa shape index (κ2) is 10.4. The summed E-state index contributed by atoms with van der Waals surface area (Å²) in [6, 6.07) is 23.3. The van der Waals surface area contributed by atoms with E-state index in [0.29, 0.717) is 56.0 Å². The van der Waals surface area contributed by atoms with E-state index in [1.54, 1.807) is 12.1 Å². The molecule has 4 aromatic rings. The molecule has 0 bridgehead atoms. The lowest BCUT2D eigenvalue weighted by atomic mass is 9.74. The van der Waals surface area contributed by atoms with Crippen molar-refractivity contribution in [2.75, 3.05) is 18.0 Å². The number of fused-ring (bicyclic) bond motifs is 3. The fourth-order valence-electron chi connectivity index (χ4n) is 7.30. The van der Waals surface area contributed by atoms with Crippen molar-refractivity contribution in [2.45, 2.75) is 57.5 Å². The number of carboxylic acid groups (broad SMARTS) is 1. The molecule has 1 saturated heterocycles. The molecule has 0 unspecified atom stereocenters. The van der Waals surface area contributed by atoms with E-state index >= 15 is 0 Å². The number of nitriles is 1. The third-order valence-corrected chi connectivity index (χ3v) is 9.92. The Kier molecular flexibility index (Phi) is 6.65. The molecule has 8 heteroatoms. The molecule has 2 fully saturated rings. The molecule has 0 radical (unpaired) electrons. The van der Waals surface area contributed by atoms with Crippen LogP contribution in [0.5, 0.6) is 5.75 Å². The predicted octanol–water partition coefficient (Wildman–Crippen LogP) is 6.65. The van der Waals surface area contributed by atoms with E-state index in [1.165, 1.54) is 6.07 Å². The van der Waals surface area contributed by atoms with E-state index in [1.807, 2.05) is 62.4 Å². The number of carboxylic acids is 1. The zero-order chi connectivity index (χ0) is 30.6. The van der Waals surface area contributed by atoms with Crippen molar-refractivity contribution in [1.29, 1.82) is 5.26 Å². The van der Waals surface area contributed by atoms with E-state index in [4.69, 9.17) is 14.7 Å². The number of aromatic nitrogens is 2. The largest absolute Gasteiger partial charge is 0.489 e.